The Hall–Kier alpha value is -1.44. The van der Waals surface area contributed by atoms with Gasteiger partial charge in [0.2, 0.25) is 5.52 Å². The molecule has 0 amide bonds. The topological polar surface area (TPSA) is 16.8 Å². The molecule has 0 unspecified atom stereocenters. The summed E-state index contributed by atoms with van der Waals surface area (Å²) in [5, 5.41) is 5.56. The molecular formula is C11H13N2+. The number of hydrogen-bond acceptors (Lipinski definition) is 1. The molecule has 2 nitrogen and oxygen atoms in total. The summed E-state index contributed by atoms with van der Waals surface area (Å²) < 4.78 is 2.04. The van der Waals surface area contributed by atoms with Crippen LogP contribution < -0.4 is 4.68 Å². The standard InChI is InChI=1S/C11H13N2/c1-9(2)13-11-6-4-3-5-10(11)7-8-12-13/h3-9H,1-2H3/q+1. The van der Waals surface area contributed by atoms with Crippen molar-refractivity contribution in [3.05, 3.63) is 36.5 Å². The zero-order valence-corrected chi connectivity index (χ0v) is 7.94. The summed E-state index contributed by atoms with van der Waals surface area (Å²) in [5.41, 5.74) is 1.19. The highest BCUT2D eigenvalue weighted by molar-refractivity contribution is 5.74. The van der Waals surface area contributed by atoms with Crippen LogP contribution in [0.3, 0.4) is 0 Å². The van der Waals surface area contributed by atoms with E-state index in [1.807, 2.05) is 29.1 Å². The molecule has 13 heavy (non-hydrogen) atoms. The molecule has 0 fully saturated rings. The number of nitrogens with zero attached hydrogens (tertiary/aromatic N) is 2. The Labute approximate surface area is 77.8 Å². The quantitative estimate of drug-likeness (QED) is 0.603. The first-order valence-corrected chi connectivity index (χ1v) is 4.54. The van der Waals surface area contributed by atoms with Gasteiger partial charge in [0, 0.05) is 6.07 Å². The van der Waals surface area contributed by atoms with Gasteiger partial charge in [-0.1, -0.05) is 16.8 Å². The van der Waals surface area contributed by atoms with Crippen molar-refractivity contribution < 1.29 is 4.68 Å². The second kappa shape index (κ2) is 3.13. The van der Waals surface area contributed by atoms with Crippen LogP contribution in [0, 0.1) is 0 Å². The zero-order chi connectivity index (χ0) is 9.26. The van der Waals surface area contributed by atoms with E-state index in [1.54, 1.807) is 0 Å². The van der Waals surface area contributed by atoms with E-state index in [2.05, 4.69) is 31.1 Å². The second-order valence-electron chi connectivity index (χ2n) is 3.43. The molecule has 0 N–H and O–H groups in total. The molecular weight excluding hydrogens is 160 g/mol. The van der Waals surface area contributed by atoms with Crippen molar-refractivity contribution in [3.8, 4) is 0 Å². The number of rotatable bonds is 1. The van der Waals surface area contributed by atoms with Crippen molar-refractivity contribution in [3.63, 3.8) is 0 Å². The molecule has 0 atom stereocenters. The molecule has 0 radical (unpaired) electrons. The average Bonchev–Trinajstić information content (AvgIpc) is 2.17. The first kappa shape index (κ1) is 8.17. The Morgan fingerprint density at radius 3 is 2.69 bits per heavy atom. The van der Waals surface area contributed by atoms with Crippen molar-refractivity contribution in [2.24, 2.45) is 0 Å². The fourth-order valence-corrected chi connectivity index (χ4v) is 1.50. The van der Waals surface area contributed by atoms with E-state index < -0.39 is 0 Å². The second-order valence-corrected chi connectivity index (χ2v) is 3.43. The zero-order valence-electron chi connectivity index (χ0n) is 7.94. The molecule has 0 spiro atoms. The van der Waals surface area contributed by atoms with Crippen LogP contribution in [0.5, 0.6) is 0 Å². The smallest absolute Gasteiger partial charge is 0.0817 e. The van der Waals surface area contributed by atoms with Crippen LogP contribution in [0.1, 0.15) is 19.9 Å². The largest absolute Gasteiger partial charge is 0.239 e. The van der Waals surface area contributed by atoms with Crippen molar-refractivity contribution in [1.82, 2.24) is 5.10 Å². The van der Waals surface area contributed by atoms with Gasteiger partial charge >= 0.3 is 0 Å². The highest BCUT2D eigenvalue weighted by Crippen LogP contribution is 2.08. The SMILES string of the molecule is CC(C)[n+]1nccc2ccccc21. The summed E-state index contributed by atoms with van der Waals surface area (Å²) in [6, 6.07) is 10.7. The number of fused-ring (bicyclic) bond motifs is 1. The minimum Gasteiger partial charge on any atom is -0.0817 e. The molecule has 0 saturated carbocycles. The minimum absolute atomic E-state index is 0.408. The Morgan fingerprint density at radius 2 is 1.92 bits per heavy atom. The van der Waals surface area contributed by atoms with Crippen molar-refractivity contribution >= 4 is 10.9 Å². The van der Waals surface area contributed by atoms with Crippen molar-refractivity contribution in [2.45, 2.75) is 19.9 Å². The lowest BCUT2D eigenvalue weighted by Crippen LogP contribution is -2.40. The fraction of sp³-hybridized carbons (Fsp3) is 0.273. The van der Waals surface area contributed by atoms with E-state index in [0.717, 1.165) is 0 Å². The van der Waals surface area contributed by atoms with Gasteiger partial charge in [0.25, 0.3) is 0 Å². The first-order chi connectivity index (χ1) is 6.29. The summed E-state index contributed by atoms with van der Waals surface area (Å²) in [5.74, 6) is 0. The van der Waals surface area contributed by atoms with Gasteiger partial charge in [0.1, 0.15) is 0 Å². The number of para-hydroxylation sites is 1. The Balaban J connectivity index is 2.76. The summed E-state index contributed by atoms with van der Waals surface area (Å²) in [6.45, 7) is 4.28. The van der Waals surface area contributed by atoms with E-state index in [9.17, 15) is 0 Å². The third-order valence-corrected chi connectivity index (χ3v) is 2.12. The third-order valence-electron chi connectivity index (χ3n) is 2.12. The highest BCUT2D eigenvalue weighted by atomic mass is 15.3. The normalized spacial score (nSPS) is 11.0. The maximum absolute atomic E-state index is 4.32. The molecule has 2 aromatic rings. The van der Waals surface area contributed by atoms with Gasteiger partial charge in [-0.25, -0.2) is 0 Å². The maximum atomic E-state index is 4.32. The Kier molecular flexibility index (Phi) is 1.97. The predicted molar refractivity (Wildman–Crippen MR) is 52.3 cm³/mol. The molecule has 0 aliphatic carbocycles. The van der Waals surface area contributed by atoms with E-state index in [0.29, 0.717) is 6.04 Å². The van der Waals surface area contributed by atoms with Crippen LogP contribution in [0.2, 0.25) is 0 Å². The van der Waals surface area contributed by atoms with Gasteiger partial charge in [-0.3, -0.25) is 0 Å². The van der Waals surface area contributed by atoms with Gasteiger partial charge < -0.3 is 0 Å². The first-order valence-electron chi connectivity index (χ1n) is 4.54. The lowest BCUT2D eigenvalue weighted by atomic mass is 10.2. The highest BCUT2D eigenvalue weighted by Gasteiger charge is 2.12. The van der Waals surface area contributed by atoms with Crippen molar-refractivity contribution in [1.29, 1.82) is 0 Å². The molecule has 0 aliphatic heterocycles. The summed E-state index contributed by atoms with van der Waals surface area (Å²) in [6.07, 6.45) is 1.85. The fourth-order valence-electron chi connectivity index (χ4n) is 1.50. The molecule has 0 aliphatic rings. The molecule has 1 aromatic carbocycles. The van der Waals surface area contributed by atoms with Crippen LogP contribution in [0.4, 0.5) is 0 Å². The third kappa shape index (κ3) is 1.39. The summed E-state index contributed by atoms with van der Waals surface area (Å²) >= 11 is 0. The molecule has 2 heteroatoms. The average molecular weight is 173 g/mol. The molecule has 2 rings (SSSR count). The lowest BCUT2D eigenvalue weighted by molar-refractivity contribution is -0.747. The van der Waals surface area contributed by atoms with E-state index in [-0.39, 0.29) is 0 Å². The van der Waals surface area contributed by atoms with E-state index in [1.165, 1.54) is 10.9 Å². The van der Waals surface area contributed by atoms with Crippen LogP contribution in [0.25, 0.3) is 10.9 Å². The van der Waals surface area contributed by atoms with Gasteiger partial charge in [0.15, 0.2) is 6.04 Å². The van der Waals surface area contributed by atoms with Gasteiger partial charge in [-0.2, -0.15) is 0 Å². The van der Waals surface area contributed by atoms with Gasteiger partial charge in [0.05, 0.1) is 11.6 Å². The summed E-state index contributed by atoms with van der Waals surface area (Å²) in [7, 11) is 0. The molecule has 0 bridgehead atoms. The van der Waals surface area contributed by atoms with E-state index in [4.69, 9.17) is 0 Å². The molecule has 1 aromatic heterocycles. The van der Waals surface area contributed by atoms with Gasteiger partial charge in [-0.05, 0) is 31.1 Å². The minimum atomic E-state index is 0.408. The van der Waals surface area contributed by atoms with E-state index >= 15 is 0 Å². The van der Waals surface area contributed by atoms with Crippen LogP contribution in [-0.2, 0) is 0 Å². The van der Waals surface area contributed by atoms with Crippen molar-refractivity contribution in [2.75, 3.05) is 0 Å². The lowest BCUT2D eigenvalue weighted by Gasteiger charge is -2.00. The van der Waals surface area contributed by atoms with Crippen LogP contribution in [-0.4, -0.2) is 5.10 Å². The predicted octanol–water partition coefficient (Wildman–Crippen LogP) is 2.10. The number of aromatic nitrogens is 2. The van der Waals surface area contributed by atoms with Gasteiger partial charge in [-0.15, -0.1) is 0 Å². The molecule has 0 saturated heterocycles. The maximum Gasteiger partial charge on any atom is 0.239 e. The Morgan fingerprint density at radius 1 is 1.15 bits per heavy atom. The number of benzene rings is 1. The number of hydrogen-bond donors (Lipinski definition) is 0. The molecule has 1 heterocycles. The summed E-state index contributed by atoms with van der Waals surface area (Å²) in [4.78, 5) is 0. The monoisotopic (exact) mass is 173 g/mol. The molecule has 66 valence electrons. The van der Waals surface area contributed by atoms with Crippen LogP contribution >= 0.6 is 0 Å². The Bertz CT molecular complexity index is 416. The van der Waals surface area contributed by atoms with Crippen LogP contribution in [0.15, 0.2) is 36.5 Å².